The van der Waals surface area contributed by atoms with Crippen molar-refractivity contribution >= 4 is 21.6 Å². The van der Waals surface area contributed by atoms with E-state index in [9.17, 15) is 0 Å². The molecular formula is C15H26S2. The van der Waals surface area contributed by atoms with Crippen LogP contribution in [0.15, 0.2) is 0 Å². The molecule has 0 aromatic heterocycles. The van der Waals surface area contributed by atoms with Gasteiger partial charge in [-0.15, -0.1) is 0 Å². The molecule has 2 unspecified atom stereocenters. The molecule has 3 saturated carbocycles. The quantitative estimate of drug-likeness (QED) is 0.604. The first-order valence-electron chi connectivity index (χ1n) is 7.75. The van der Waals surface area contributed by atoms with Crippen LogP contribution in [0.2, 0.25) is 0 Å². The maximum absolute atomic E-state index is 2.29. The predicted molar refractivity (Wildman–Crippen MR) is 80.5 cm³/mol. The molecular weight excluding hydrogens is 244 g/mol. The maximum Gasteiger partial charge on any atom is 0.0182 e. The average Bonchev–Trinajstić information content (AvgIpc) is 3.09. The smallest absolute Gasteiger partial charge is 0.0182 e. The van der Waals surface area contributed by atoms with Gasteiger partial charge >= 0.3 is 0 Å². The van der Waals surface area contributed by atoms with Gasteiger partial charge in [-0.05, 0) is 37.5 Å². The van der Waals surface area contributed by atoms with Gasteiger partial charge in [-0.2, -0.15) is 0 Å². The van der Waals surface area contributed by atoms with Crippen LogP contribution in [0.25, 0.3) is 0 Å². The lowest BCUT2D eigenvalue weighted by atomic mass is 9.89. The van der Waals surface area contributed by atoms with E-state index < -0.39 is 0 Å². The molecule has 0 bridgehead atoms. The Hall–Kier alpha value is 0.700. The minimum atomic E-state index is 1.00. The van der Waals surface area contributed by atoms with E-state index >= 15 is 0 Å². The number of rotatable bonds is 4. The zero-order valence-corrected chi connectivity index (χ0v) is 12.5. The predicted octanol–water partition coefficient (Wildman–Crippen LogP) is 5.67. The highest BCUT2D eigenvalue weighted by molar-refractivity contribution is 8.77. The molecule has 0 saturated heterocycles. The zero-order chi connectivity index (χ0) is 11.5. The molecule has 0 amide bonds. The molecule has 0 aliphatic heterocycles. The minimum absolute atomic E-state index is 1.00. The van der Waals surface area contributed by atoms with E-state index in [4.69, 9.17) is 0 Å². The number of hydrogen-bond donors (Lipinski definition) is 0. The summed E-state index contributed by atoms with van der Waals surface area (Å²) in [6.07, 6.45) is 16.7. The van der Waals surface area contributed by atoms with Crippen molar-refractivity contribution in [2.24, 2.45) is 11.8 Å². The van der Waals surface area contributed by atoms with E-state index in [0.29, 0.717) is 0 Å². The van der Waals surface area contributed by atoms with Crippen molar-refractivity contribution in [3.8, 4) is 0 Å². The minimum Gasteiger partial charge on any atom is -0.0904 e. The highest BCUT2D eigenvalue weighted by atomic mass is 33.1. The van der Waals surface area contributed by atoms with Crippen LogP contribution in [0.4, 0.5) is 0 Å². The fraction of sp³-hybridized carbons (Fsp3) is 1.00. The van der Waals surface area contributed by atoms with Crippen molar-refractivity contribution in [2.75, 3.05) is 0 Å². The molecule has 0 N–H and O–H groups in total. The molecule has 0 aromatic rings. The van der Waals surface area contributed by atoms with Gasteiger partial charge < -0.3 is 0 Å². The van der Waals surface area contributed by atoms with Crippen molar-refractivity contribution in [3.05, 3.63) is 0 Å². The molecule has 0 nitrogen and oxygen atoms in total. The van der Waals surface area contributed by atoms with Gasteiger partial charge in [0.2, 0.25) is 0 Å². The summed E-state index contributed by atoms with van der Waals surface area (Å²) in [7, 11) is 4.55. The molecule has 3 rings (SSSR count). The van der Waals surface area contributed by atoms with Crippen molar-refractivity contribution in [2.45, 2.75) is 81.1 Å². The lowest BCUT2D eigenvalue weighted by molar-refractivity contribution is 0.355. The average molecular weight is 271 g/mol. The Morgan fingerprint density at radius 2 is 1.29 bits per heavy atom. The lowest BCUT2D eigenvalue weighted by Gasteiger charge is -2.25. The highest BCUT2D eigenvalue weighted by Gasteiger charge is 2.35. The molecule has 0 aromatic carbocycles. The Morgan fingerprint density at radius 1 is 0.588 bits per heavy atom. The third-order valence-corrected chi connectivity index (χ3v) is 8.70. The van der Waals surface area contributed by atoms with Crippen LogP contribution in [-0.4, -0.2) is 10.5 Å². The first-order valence-corrected chi connectivity index (χ1v) is 10.0. The molecule has 98 valence electrons. The summed E-state index contributed by atoms with van der Waals surface area (Å²) in [6.45, 7) is 0. The summed E-state index contributed by atoms with van der Waals surface area (Å²) in [4.78, 5) is 0. The van der Waals surface area contributed by atoms with Crippen LogP contribution in [0.5, 0.6) is 0 Å². The summed E-state index contributed by atoms with van der Waals surface area (Å²) < 4.78 is 0. The van der Waals surface area contributed by atoms with Gasteiger partial charge in [-0.3, -0.25) is 0 Å². The van der Waals surface area contributed by atoms with Crippen LogP contribution in [0, 0.1) is 11.8 Å². The fourth-order valence-corrected chi connectivity index (χ4v) is 7.92. The van der Waals surface area contributed by atoms with Gasteiger partial charge in [-0.1, -0.05) is 66.5 Å². The third-order valence-electron chi connectivity index (χ3n) is 5.13. The Kier molecular flexibility index (Phi) is 4.66. The van der Waals surface area contributed by atoms with Gasteiger partial charge in [0, 0.05) is 10.5 Å². The van der Waals surface area contributed by atoms with Gasteiger partial charge in [0.1, 0.15) is 0 Å². The largest absolute Gasteiger partial charge is 0.0904 e. The summed E-state index contributed by atoms with van der Waals surface area (Å²) in [6, 6.07) is 0. The lowest BCUT2D eigenvalue weighted by Crippen LogP contribution is -2.18. The molecule has 0 radical (unpaired) electrons. The molecule has 3 aliphatic rings. The van der Waals surface area contributed by atoms with Crippen molar-refractivity contribution in [3.63, 3.8) is 0 Å². The molecule has 17 heavy (non-hydrogen) atoms. The van der Waals surface area contributed by atoms with Gasteiger partial charge in [-0.25, -0.2) is 0 Å². The van der Waals surface area contributed by atoms with Crippen LogP contribution in [0.1, 0.15) is 70.6 Å². The van der Waals surface area contributed by atoms with Crippen molar-refractivity contribution < 1.29 is 0 Å². The monoisotopic (exact) mass is 270 g/mol. The number of hydrogen-bond acceptors (Lipinski definition) is 2. The van der Waals surface area contributed by atoms with E-state index in [0.717, 1.165) is 22.3 Å². The normalized spacial score (nSPS) is 36.0. The maximum atomic E-state index is 2.29. The Morgan fingerprint density at radius 3 is 2.06 bits per heavy atom. The summed E-state index contributed by atoms with van der Waals surface area (Å²) >= 11 is 0. The molecule has 0 spiro atoms. The van der Waals surface area contributed by atoms with Crippen LogP contribution < -0.4 is 0 Å². The standard InChI is InChI=1S/C15H26S2/c1-2-7-12(6-1)14-10-5-11-15(14)17-16-13-8-3-4-9-13/h12-15H,1-11H2. The fourth-order valence-electron chi connectivity index (χ4n) is 4.13. The molecule has 0 heterocycles. The first kappa shape index (κ1) is 12.7. The third kappa shape index (κ3) is 3.18. The van der Waals surface area contributed by atoms with Crippen molar-refractivity contribution in [1.29, 1.82) is 0 Å². The SMILES string of the molecule is C1CCC(SSC2CCCC2C2CCCC2)C1. The highest BCUT2D eigenvalue weighted by Crippen LogP contribution is 2.50. The van der Waals surface area contributed by atoms with Gasteiger partial charge in [0.05, 0.1) is 0 Å². The Balaban J connectivity index is 1.47. The van der Waals surface area contributed by atoms with Gasteiger partial charge in [0.25, 0.3) is 0 Å². The Bertz CT molecular complexity index is 229. The molecule has 3 aliphatic carbocycles. The summed E-state index contributed by atoms with van der Waals surface area (Å²) in [5, 5.41) is 2.02. The second kappa shape index (κ2) is 6.23. The summed E-state index contributed by atoms with van der Waals surface area (Å²) in [5.74, 6) is 2.20. The molecule has 2 heteroatoms. The second-order valence-corrected chi connectivity index (χ2v) is 9.09. The Labute approximate surface area is 114 Å². The van der Waals surface area contributed by atoms with E-state index in [2.05, 4.69) is 21.6 Å². The van der Waals surface area contributed by atoms with Crippen LogP contribution in [0.3, 0.4) is 0 Å². The van der Waals surface area contributed by atoms with Crippen LogP contribution in [-0.2, 0) is 0 Å². The summed E-state index contributed by atoms with van der Waals surface area (Å²) in [5.41, 5.74) is 0. The van der Waals surface area contributed by atoms with E-state index in [1.54, 1.807) is 19.3 Å². The van der Waals surface area contributed by atoms with Crippen molar-refractivity contribution in [1.82, 2.24) is 0 Å². The topological polar surface area (TPSA) is 0 Å². The van der Waals surface area contributed by atoms with E-state index in [-0.39, 0.29) is 0 Å². The van der Waals surface area contributed by atoms with Crippen LogP contribution >= 0.6 is 21.6 Å². The zero-order valence-electron chi connectivity index (χ0n) is 10.9. The van der Waals surface area contributed by atoms with Gasteiger partial charge in [0.15, 0.2) is 0 Å². The van der Waals surface area contributed by atoms with E-state index in [1.165, 1.54) is 51.4 Å². The van der Waals surface area contributed by atoms with E-state index in [1.807, 2.05) is 0 Å². The second-order valence-electron chi connectivity index (χ2n) is 6.28. The first-order chi connectivity index (χ1) is 8.43. The molecule has 2 atom stereocenters. The molecule has 3 fully saturated rings.